The summed E-state index contributed by atoms with van der Waals surface area (Å²) in [6.45, 7) is 10.2. The zero-order valence-corrected chi connectivity index (χ0v) is 12.8. The van der Waals surface area contributed by atoms with Gasteiger partial charge in [0.25, 0.3) is 0 Å². The van der Waals surface area contributed by atoms with Gasteiger partial charge in [0.15, 0.2) is 5.82 Å². The van der Waals surface area contributed by atoms with Gasteiger partial charge in [-0.1, -0.05) is 27.7 Å². The van der Waals surface area contributed by atoms with Crippen molar-refractivity contribution < 1.29 is 5.11 Å². The Bertz CT molecular complexity index is 565. The van der Waals surface area contributed by atoms with E-state index in [0.29, 0.717) is 6.54 Å². The number of fused-ring (bicyclic) bond motifs is 1. The fourth-order valence-electron chi connectivity index (χ4n) is 2.23. The highest BCUT2D eigenvalue weighted by Crippen LogP contribution is 2.26. The quantitative estimate of drug-likeness (QED) is 0.910. The van der Waals surface area contributed by atoms with E-state index >= 15 is 0 Å². The summed E-state index contributed by atoms with van der Waals surface area (Å²) in [6.07, 6.45) is 4.65. The summed E-state index contributed by atoms with van der Waals surface area (Å²) in [5.41, 5.74) is 2.06. The molecule has 0 aromatic carbocycles. The second-order valence-corrected chi connectivity index (χ2v) is 6.07. The smallest absolute Gasteiger partial charge is 0.154 e. The molecule has 2 aromatic heterocycles. The Morgan fingerprint density at radius 1 is 1.30 bits per heavy atom. The van der Waals surface area contributed by atoms with Gasteiger partial charge < -0.3 is 10.0 Å². The molecule has 0 aliphatic rings. The van der Waals surface area contributed by atoms with Crippen LogP contribution in [0.15, 0.2) is 18.5 Å². The minimum atomic E-state index is 0.00978. The molecule has 0 amide bonds. The van der Waals surface area contributed by atoms with Crippen molar-refractivity contribution in [2.75, 3.05) is 24.6 Å². The van der Waals surface area contributed by atoms with E-state index in [1.807, 2.05) is 10.7 Å². The van der Waals surface area contributed by atoms with E-state index in [1.165, 1.54) is 0 Å². The molecule has 0 saturated heterocycles. The number of anilines is 1. The Kier molecular flexibility index (Phi) is 4.28. The van der Waals surface area contributed by atoms with Gasteiger partial charge in [-0.2, -0.15) is 5.10 Å². The van der Waals surface area contributed by atoms with Crippen molar-refractivity contribution in [2.24, 2.45) is 0 Å². The third kappa shape index (κ3) is 2.93. The molecule has 110 valence electrons. The van der Waals surface area contributed by atoms with Gasteiger partial charge in [0.2, 0.25) is 0 Å². The minimum absolute atomic E-state index is 0.00978. The predicted octanol–water partition coefficient (Wildman–Crippen LogP) is 2.24. The second kappa shape index (κ2) is 5.79. The van der Waals surface area contributed by atoms with E-state index in [4.69, 9.17) is 0 Å². The number of hydrogen-bond acceptors (Lipinski definition) is 4. The van der Waals surface area contributed by atoms with Crippen LogP contribution in [0.1, 0.15) is 39.8 Å². The van der Waals surface area contributed by atoms with Crippen molar-refractivity contribution in [1.29, 1.82) is 0 Å². The van der Waals surface area contributed by atoms with E-state index in [0.717, 1.165) is 30.0 Å². The molecule has 0 spiro atoms. The van der Waals surface area contributed by atoms with Gasteiger partial charge in [0.05, 0.1) is 12.3 Å². The van der Waals surface area contributed by atoms with Gasteiger partial charge in [0, 0.05) is 30.9 Å². The van der Waals surface area contributed by atoms with Crippen LogP contribution in [-0.2, 0) is 5.41 Å². The molecule has 2 heterocycles. The molecule has 20 heavy (non-hydrogen) atoms. The Morgan fingerprint density at radius 3 is 2.65 bits per heavy atom. The molecule has 0 atom stereocenters. The Morgan fingerprint density at radius 2 is 2.05 bits per heavy atom. The summed E-state index contributed by atoms with van der Waals surface area (Å²) in [6, 6.07) is 2.10. The first-order valence-electron chi connectivity index (χ1n) is 7.18. The Hall–Kier alpha value is -1.62. The topological polar surface area (TPSA) is 53.7 Å². The summed E-state index contributed by atoms with van der Waals surface area (Å²) >= 11 is 0. The van der Waals surface area contributed by atoms with Crippen molar-refractivity contribution in [2.45, 2.75) is 39.5 Å². The van der Waals surface area contributed by atoms with Gasteiger partial charge in [0.1, 0.15) is 5.52 Å². The molecule has 0 radical (unpaired) electrons. The fraction of sp³-hybridized carbons (Fsp3) is 0.600. The van der Waals surface area contributed by atoms with Crippen molar-refractivity contribution in [3.63, 3.8) is 0 Å². The first kappa shape index (κ1) is 14.8. The summed E-state index contributed by atoms with van der Waals surface area (Å²) in [5, 5.41) is 13.9. The van der Waals surface area contributed by atoms with Crippen LogP contribution in [0.4, 0.5) is 5.82 Å². The molecular weight excluding hydrogens is 252 g/mol. The standard InChI is InChI=1S/C15H24N4O/c1-5-7-18(9-10-20)14-12-11-13(15(2,3)4)17-19(12)8-6-16-14/h6,8,11,20H,5,7,9-10H2,1-4H3. The van der Waals surface area contributed by atoms with E-state index in [9.17, 15) is 5.11 Å². The number of hydrogen-bond donors (Lipinski definition) is 1. The van der Waals surface area contributed by atoms with E-state index in [-0.39, 0.29) is 12.0 Å². The first-order chi connectivity index (χ1) is 9.47. The van der Waals surface area contributed by atoms with Crippen molar-refractivity contribution >= 4 is 11.3 Å². The number of aliphatic hydroxyl groups excluding tert-OH is 1. The lowest BCUT2D eigenvalue weighted by atomic mass is 9.92. The summed E-state index contributed by atoms with van der Waals surface area (Å²) < 4.78 is 1.88. The fourth-order valence-corrected chi connectivity index (χ4v) is 2.23. The average Bonchev–Trinajstić information content (AvgIpc) is 2.82. The van der Waals surface area contributed by atoms with Crippen molar-refractivity contribution in [3.8, 4) is 0 Å². The summed E-state index contributed by atoms with van der Waals surface area (Å²) in [4.78, 5) is 6.61. The third-order valence-electron chi connectivity index (χ3n) is 3.30. The lowest BCUT2D eigenvalue weighted by Crippen LogP contribution is -2.28. The van der Waals surface area contributed by atoms with Crippen LogP contribution in [-0.4, -0.2) is 39.4 Å². The minimum Gasteiger partial charge on any atom is -0.395 e. The summed E-state index contributed by atoms with van der Waals surface area (Å²) in [5.74, 6) is 0.895. The molecule has 0 saturated carbocycles. The maximum atomic E-state index is 9.24. The first-order valence-corrected chi connectivity index (χ1v) is 7.18. The van der Waals surface area contributed by atoms with Gasteiger partial charge in [-0.25, -0.2) is 9.50 Å². The zero-order chi connectivity index (χ0) is 14.8. The van der Waals surface area contributed by atoms with E-state index < -0.39 is 0 Å². The van der Waals surface area contributed by atoms with Crippen LogP contribution >= 0.6 is 0 Å². The van der Waals surface area contributed by atoms with Crippen molar-refractivity contribution in [1.82, 2.24) is 14.6 Å². The molecule has 0 bridgehead atoms. The molecule has 0 fully saturated rings. The molecule has 5 nitrogen and oxygen atoms in total. The largest absolute Gasteiger partial charge is 0.395 e. The lowest BCUT2D eigenvalue weighted by Gasteiger charge is -2.22. The Labute approximate surface area is 120 Å². The number of aromatic nitrogens is 3. The molecule has 0 unspecified atom stereocenters. The molecule has 5 heteroatoms. The summed E-state index contributed by atoms with van der Waals surface area (Å²) in [7, 11) is 0. The monoisotopic (exact) mass is 276 g/mol. The van der Waals surface area contributed by atoms with Gasteiger partial charge in [-0.3, -0.25) is 0 Å². The SMILES string of the molecule is CCCN(CCO)c1nccn2nc(C(C)(C)C)cc12. The number of aliphatic hydroxyl groups is 1. The van der Waals surface area contributed by atoms with Crippen LogP contribution in [0.3, 0.4) is 0 Å². The normalized spacial score (nSPS) is 12.1. The average molecular weight is 276 g/mol. The van der Waals surface area contributed by atoms with Crippen LogP contribution in [0.2, 0.25) is 0 Å². The second-order valence-electron chi connectivity index (χ2n) is 6.07. The van der Waals surface area contributed by atoms with E-state index in [2.05, 4.69) is 48.7 Å². The molecule has 0 aliphatic carbocycles. The highest BCUT2D eigenvalue weighted by atomic mass is 16.3. The lowest BCUT2D eigenvalue weighted by molar-refractivity contribution is 0.301. The van der Waals surface area contributed by atoms with Gasteiger partial charge >= 0.3 is 0 Å². The highest BCUT2D eigenvalue weighted by Gasteiger charge is 2.20. The molecule has 1 N–H and O–H groups in total. The van der Waals surface area contributed by atoms with Crippen molar-refractivity contribution in [3.05, 3.63) is 24.2 Å². The number of nitrogens with zero attached hydrogens (tertiary/aromatic N) is 4. The van der Waals surface area contributed by atoms with Gasteiger partial charge in [-0.05, 0) is 12.5 Å². The van der Waals surface area contributed by atoms with Crippen LogP contribution in [0.5, 0.6) is 0 Å². The van der Waals surface area contributed by atoms with Gasteiger partial charge in [-0.15, -0.1) is 0 Å². The maximum Gasteiger partial charge on any atom is 0.154 e. The molecular formula is C15H24N4O. The maximum absolute atomic E-state index is 9.24. The highest BCUT2D eigenvalue weighted by molar-refractivity contribution is 5.69. The predicted molar refractivity (Wildman–Crippen MR) is 81.3 cm³/mol. The van der Waals surface area contributed by atoms with E-state index in [1.54, 1.807) is 6.20 Å². The van der Waals surface area contributed by atoms with Crippen LogP contribution in [0, 0.1) is 0 Å². The molecule has 2 aromatic rings. The number of rotatable bonds is 5. The van der Waals surface area contributed by atoms with Crippen LogP contribution < -0.4 is 4.90 Å². The molecule has 2 rings (SSSR count). The zero-order valence-electron chi connectivity index (χ0n) is 12.8. The Balaban J connectivity index is 2.50. The third-order valence-corrected chi connectivity index (χ3v) is 3.30. The molecule has 0 aliphatic heterocycles. The van der Waals surface area contributed by atoms with Crippen LogP contribution in [0.25, 0.3) is 5.52 Å².